The minimum Gasteiger partial charge on any atom is -0.388 e. The first kappa shape index (κ1) is 10.3. The van der Waals surface area contributed by atoms with Crippen LogP contribution in [0.4, 0.5) is 5.69 Å². The van der Waals surface area contributed by atoms with E-state index in [-0.39, 0.29) is 12.3 Å². The molecule has 0 spiro atoms. The lowest BCUT2D eigenvalue weighted by atomic mass is 10.2. The van der Waals surface area contributed by atoms with Crippen molar-refractivity contribution in [2.24, 2.45) is 0 Å². The smallest absolute Gasteiger partial charge is 0.293 e. The van der Waals surface area contributed by atoms with Crippen molar-refractivity contribution in [3.8, 4) is 5.69 Å². The van der Waals surface area contributed by atoms with Gasteiger partial charge < -0.3 is 5.11 Å². The van der Waals surface area contributed by atoms with Crippen molar-refractivity contribution >= 4 is 5.69 Å². The second kappa shape index (κ2) is 4.11. The Hall–Kier alpha value is -2.21. The van der Waals surface area contributed by atoms with Gasteiger partial charge >= 0.3 is 0 Å². The van der Waals surface area contributed by atoms with Crippen molar-refractivity contribution in [1.29, 1.82) is 0 Å². The molecule has 82 valence electrons. The summed E-state index contributed by atoms with van der Waals surface area (Å²) < 4.78 is 1.50. The van der Waals surface area contributed by atoms with Crippen molar-refractivity contribution in [2.45, 2.75) is 6.61 Å². The summed E-state index contributed by atoms with van der Waals surface area (Å²) in [5.74, 6) is 0.370. The Morgan fingerprint density at radius 1 is 1.44 bits per heavy atom. The van der Waals surface area contributed by atoms with Gasteiger partial charge in [-0.2, -0.15) is 0 Å². The van der Waals surface area contributed by atoms with Crippen LogP contribution in [0.2, 0.25) is 0 Å². The van der Waals surface area contributed by atoms with E-state index in [1.54, 1.807) is 24.4 Å². The lowest BCUT2D eigenvalue weighted by Gasteiger charge is -2.06. The van der Waals surface area contributed by atoms with Crippen LogP contribution in [-0.4, -0.2) is 19.6 Å². The van der Waals surface area contributed by atoms with Crippen LogP contribution in [0.25, 0.3) is 5.69 Å². The van der Waals surface area contributed by atoms with Crippen LogP contribution in [0.3, 0.4) is 0 Å². The largest absolute Gasteiger partial charge is 0.388 e. The Balaban J connectivity index is 2.60. The van der Waals surface area contributed by atoms with Crippen molar-refractivity contribution in [3.05, 3.63) is 52.6 Å². The van der Waals surface area contributed by atoms with Crippen LogP contribution in [0.5, 0.6) is 0 Å². The van der Waals surface area contributed by atoms with Gasteiger partial charge in [-0.25, -0.2) is 4.98 Å². The molecule has 0 atom stereocenters. The summed E-state index contributed by atoms with van der Waals surface area (Å²) in [5.41, 5.74) is 0.379. The summed E-state index contributed by atoms with van der Waals surface area (Å²) >= 11 is 0. The van der Waals surface area contributed by atoms with E-state index in [1.165, 1.54) is 16.8 Å². The Morgan fingerprint density at radius 2 is 2.19 bits per heavy atom. The summed E-state index contributed by atoms with van der Waals surface area (Å²) in [6.07, 6.45) is 3.07. The van der Waals surface area contributed by atoms with Crippen LogP contribution in [-0.2, 0) is 6.61 Å². The third kappa shape index (κ3) is 1.66. The van der Waals surface area contributed by atoms with Gasteiger partial charge in [0.1, 0.15) is 18.1 Å². The first-order valence-corrected chi connectivity index (χ1v) is 4.61. The number of rotatable bonds is 3. The molecular formula is C10H9N3O3. The predicted octanol–water partition coefficient (Wildman–Crippen LogP) is 1.27. The molecule has 0 aliphatic heterocycles. The first-order valence-electron chi connectivity index (χ1n) is 4.61. The zero-order valence-electron chi connectivity index (χ0n) is 8.28. The SMILES string of the molecule is O=[N+]([O-])c1ccccc1-n1ccnc1CO. The third-order valence-electron chi connectivity index (χ3n) is 2.20. The van der Waals surface area contributed by atoms with Crippen molar-refractivity contribution < 1.29 is 10.0 Å². The molecule has 0 bridgehead atoms. The van der Waals surface area contributed by atoms with E-state index < -0.39 is 4.92 Å². The Labute approximate surface area is 90.9 Å². The van der Waals surface area contributed by atoms with E-state index >= 15 is 0 Å². The highest BCUT2D eigenvalue weighted by Crippen LogP contribution is 2.23. The zero-order valence-corrected chi connectivity index (χ0v) is 8.28. The molecule has 1 aromatic heterocycles. The lowest BCUT2D eigenvalue weighted by Crippen LogP contribution is -2.03. The molecule has 0 saturated carbocycles. The van der Waals surface area contributed by atoms with Crippen molar-refractivity contribution in [2.75, 3.05) is 0 Å². The topological polar surface area (TPSA) is 81.2 Å². The summed E-state index contributed by atoms with van der Waals surface area (Å²) in [4.78, 5) is 14.3. The highest BCUT2D eigenvalue weighted by molar-refractivity contribution is 5.52. The van der Waals surface area contributed by atoms with Gasteiger partial charge in [0.25, 0.3) is 5.69 Å². The fourth-order valence-corrected chi connectivity index (χ4v) is 1.49. The highest BCUT2D eigenvalue weighted by atomic mass is 16.6. The minimum atomic E-state index is -0.462. The standard InChI is InChI=1S/C10H9N3O3/c14-7-10-11-5-6-12(10)8-3-1-2-4-9(8)13(15)16/h1-6,14H,7H2. The van der Waals surface area contributed by atoms with Crippen molar-refractivity contribution in [1.82, 2.24) is 9.55 Å². The van der Waals surface area contributed by atoms with Crippen LogP contribution in [0.15, 0.2) is 36.7 Å². The molecular weight excluding hydrogens is 210 g/mol. The number of aliphatic hydroxyl groups excluding tert-OH is 1. The number of benzene rings is 1. The molecule has 16 heavy (non-hydrogen) atoms. The van der Waals surface area contributed by atoms with Gasteiger partial charge in [0, 0.05) is 18.5 Å². The van der Waals surface area contributed by atoms with Crippen LogP contribution < -0.4 is 0 Å². The normalized spacial score (nSPS) is 10.3. The molecule has 0 aliphatic carbocycles. The third-order valence-corrected chi connectivity index (χ3v) is 2.20. The van der Waals surface area contributed by atoms with E-state index in [9.17, 15) is 10.1 Å². The molecule has 2 aromatic rings. The number of imidazole rings is 1. The number of nitro benzene ring substituents is 1. The van der Waals surface area contributed by atoms with Gasteiger partial charge in [-0.05, 0) is 6.07 Å². The monoisotopic (exact) mass is 219 g/mol. The summed E-state index contributed by atoms with van der Waals surface area (Å²) in [7, 11) is 0. The number of para-hydroxylation sites is 2. The summed E-state index contributed by atoms with van der Waals surface area (Å²) in [5, 5.41) is 19.9. The maximum Gasteiger partial charge on any atom is 0.293 e. The molecule has 6 heteroatoms. The number of aromatic nitrogens is 2. The van der Waals surface area contributed by atoms with Crippen LogP contribution >= 0.6 is 0 Å². The molecule has 2 rings (SSSR count). The Kier molecular flexibility index (Phi) is 2.65. The summed E-state index contributed by atoms with van der Waals surface area (Å²) in [6, 6.07) is 6.32. The molecule has 6 nitrogen and oxygen atoms in total. The number of nitrogens with zero attached hydrogens (tertiary/aromatic N) is 3. The molecule has 0 amide bonds. The van der Waals surface area contributed by atoms with Gasteiger partial charge in [0.15, 0.2) is 0 Å². The maximum absolute atomic E-state index is 10.8. The van der Waals surface area contributed by atoms with Gasteiger partial charge in [-0.1, -0.05) is 12.1 Å². The zero-order chi connectivity index (χ0) is 11.5. The molecule has 1 heterocycles. The summed E-state index contributed by atoms with van der Waals surface area (Å²) in [6.45, 7) is -0.265. The molecule has 1 N–H and O–H groups in total. The Morgan fingerprint density at radius 3 is 2.88 bits per heavy atom. The van der Waals surface area contributed by atoms with Gasteiger partial charge in [-0.15, -0.1) is 0 Å². The number of hydrogen-bond donors (Lipinski definition) is 1. The first-order chi connectivity index (χ1) is 7.74. The van der Waals surface area contributed by atoms with E-state index in [4.69, 9.17) is 5.11 Å². The van der Waals surface area contributed by atoms with Gasteiger partial charge in [-0.3, -0.25) is 14.7 Å². The van der Waals surface area contributed by atoms with Gasteiger partial charge in [0.2, 0.25) is 0 Å². The number of aliphatic hydroxyl groups is 1. The molecule has 0 unspecified atom stereocenters. The lowest BCUT2D eigenvalue weighted by molar-refractivity contribution is -0.384. The second-order valence-corrected chi connectivity index (χ2v) is 3.12. The molecule has 0 radical (unpaired) electrons. The maximum atomic E-state index is 10.8. The van der Waals surface area contributed by atoms with Crippen LogP contribution in [0, 0.1) is 10.1 Å². The highest BCUT2D eigenvalue weighted by Gasteiger charge is 2.15. The van der Waals surface area contributed by atoms with E-state index in [2.05, 4.69) is 4.98 Å². The van der Waals surface area contributed by atoms with Gasteiger partial charge in [0.05, 0.1) is 4.92 Å². The predicted molar refractivity (Wildman–Crippen MR) is 56.1 cm³/mol. The molecule has 1 aromatic carbocycles. The van der Waals surface area contributed by atoms with E-state index in [0.29, 0.717) is 11.5 Å². The molecule has 0 saturated heterocycles. The fraction of sp³-hybridized carbons (Fsp3) is 0.100. The quantitative estimate of drug-likeness (QED) is 0.622. The molecule has 0 fully saturated rings. The minimum absolute atomic E-state index is 0.0183. The average Bonchev–Trinajstić information content (AvgIpc) is 2.76. The van der Waals surface area contributed by atoms with Crippen LogP contribution in [0.1, 0.15) is 5.82 Å². The number of nitro groups is 1. The number of hydrogen-bond acceptors (Lipinski definition) is 4. The fourth-order valence-electron chi connectivity index (χ4n) is 1.49. The van der Waals surface area contributed by atoms with Crippen molar-refractivity contribution in [3.63, 3.8) is 0 Å². The second-order valence-electron chi connectivity index (χ2n) is 3.12. The average molecular weight is 219 g/mol. The Bertz CT molecular complexity index is 522. The van der Waals surface area contributed by atoms with E-state index in [1.807, 2.05) is 0 Å². The molecule has 0 aliphatic rings. The van der Waals surface area contributed by atoms with E-state index in [0.717, 1.165) is 0 Å².